The molecule has 1 unspecified atom stereocenters. The standard InChI is InChI=1S/C13H18ClNO2/c1-5-11(15-3)13(16)9-7-10(14)8(2)6-12(9)17-4/h6-7,11,15H,5H2,1-4H3. The molecule has 0 saturated carbocycles. The molecule has 0 aromatic heterocycles. The molecule has 0 radical (unpaired) electrons. The number of methoxy groups -OCH3 is 1. The molecule has 1 aromatic rings. The molecule has 4 heteroatoms. The van der Waals surface area contributed by atoms with Gasteiger partial charge in [-0.1, -0.05) is 18.5 Å². The first-order valence-corrected chi connectivity index (χ1v) is 5.98. The lowest BCUT2D eigenvalue weighted by Gasteiger charge is -2.16. The predicted octanol–water partition coefficient (Wildman–Crippen LogP) is 2.84. The van der Waals surface area contributed by atoms with Crippen LogP contribution in [0.4, 0.5) is 0 Å². The Morgan fingerprint density at radius 2 is 2.18 bits per heavy atom. The number of likely N-dealkylation sites (N-methyl/N-ethyl adjacent to an activating group) is 1. The second kappa shape index (κ2) is 6.03. The van der Waals surface area contributed by atoms with Crippen molar-refractivity contribution in [3.63, 3.8) is 0 Å². The average Bonchev–Trinajstić information content (AvgIpc) is 2.33. The van der Waals surface area contributed by atoms with Crippen LogP contribution in [0.1, 0.15) is 29.3 Å². The Labute approximate surface area is 107 Å². The fourth-order valence-electron chi connectivity index (χ4n) is 1.72. The molecule has 0 fully saturated rings. The first-order chi connectivity index (χ1) is 8.04. The molecule has 0 aliphatic heterocycles. The monoisotopic (exact) mass is 255 g/mol. The lowest BCUT2D eigenvalue weighted by molar-refractivity contribution is 0.0942. The maximum atomic E-state index is 12.2. The highest BCUT2D eigenvalue weighted by atomic mass is 35.5. The number of carbonyl (C=O) groups excluding carboxylic acids is 1. The third-order valence-corrected chi connectivity index (χ3v) is 3.23. The molecule has 17 heavy (non-hydrogen) atoms. The second-order valence-corrected chi connectivity index (χ2v) is 4.32. The van der Waals surface area contributed by atoms with Gasteiger partial charge in [-0.2, -0.15) is 0 Å². The molecule has 94 valence electrons. The number of hydrogen-bond donors (Lipinski definition) is 1. The SMILES string of the molecule is CCC(NC)C(=O)c1cc(Cl)c(C)cc1OC. The summed E-state index contributed by atoms with van der Waals surface area (Å²) in [6, 6.07) is 3.26. The van der Waals surface area contributed by atoms with Crippen LogP contribution >= 0.6 is 11.6 Å². The summed E-state index contributed by atoms with van der Waals surface area (Å²) in [4.78, 5) is 12.2. The van der Waals surface area contributed by atoms with Gasteiger partial charge in [0.15, 0.2) is 5.78 Å². The molecule has 1 aromatic carbocycles. The van der Waals surface area contributed by atoms with Crippen molar-refractivity contribution < 1.29 is 9.53 Å². The number of aryl methyl sites for hydroxylation is 1. The largest absolute Gasteiger partial charge is 0.496 e. The van der Waals surface area contributed by atoms with E-state index < -0.39 is 0 Å². The second-order valence-electron chi connectivity index (χ2n) is 3.92. The van der Waals surface area contributed by atoms with Gasteiger partial charge in [0.2, 0.25) is 0 Å². The van der Waals surface area contributed by atoms with Crippen molar-refractivity contribution in [3.8, 4) is 5.75 Å². The van der Waals surface area contributed by atoms with Gasteiger partial charge in [0, 0.05) is 5.02 Å². The molecule has 0 spiro atoms. The summed E-state index contributed by atoms with van der Waals surface area (Å²) in [5.41, 5.74) is 1.43. The fourth-order valence-corrected chi connectivity index (χ4v) is 1.89. The van der Waals surface area contributed by atoms with Crippen LogP contribution in [0.25, 0.3) is 0 Å². The Bertz CT molecular complexity index is 414. The maximum absolute atomic E-state index is 12.2. The van der Waals surface area contributed by atoms with E-state index in [1.807, 2.05) is 13.8 Å². The van der Waals surface area contributed by atoms with Crippen molar-refractivity contribution in [3.05, 3.63) is 28.3 Å². The number of carbonyl (C=O) groups is 1. The lowest BCUT2D eigenvalue weighted by atomic mass is 10.00. The summed E-state index contributed by atoms with van der Waals surface area (Å²) in [5, 5.41) is 3.57. The van der Waals surface area contributed by atoms with E-state index in [9.17, 15) is 4.79 Å². The first-order valence-electron chi connectivity index (χ1n) is 5.60. The van der Waals surface area contributed by atoms with Crippen LogP contribution in [0.5, 0.6) is 5.75 Å². The highest BCUT2D eigenvalue weighted by Gasteiger charge is 2.21. The molecular formula is C13H18ClNO2. The van der Waals surface area contributed by atoms with E-state index in [0.29, 0.717) is 16.3 Å². The number of hydrogen-bond acceptors (Lipinski definition) is 3. The molecule has 0 aliphatic rings. The minimum Gasteiger partial charge on any atom is -0.496 e. The molecule has 0 amide bonds. The van der Waals surface area contributed by atoms with Gasteiger partial charge in [-0.25, -0.2) is 0 Å². The molecule has 1 rings (SSSR count). The molecule has 0 aliphatic carbocycles. The van der Waals surface area contributed by atoms with Gasteiger partial charge in [0.05, 0.1) is 18.7 Å². The number of nitrogens with one attached hydrogen (secondary N) is 1. The third-order valence-electron chi connectivity index (χ3n) is 2.82. The minimum atomic E-state index is -0.206. The Balaban J connectivity index is 3.20. The summed E-state index contributed by atoms with van der Waals surface area (Å²) in [5.74, 6) is 0.583. The van der Waals surface area contributed by atoms with Crippen molar-refractivity contribution in [1.82, 2.24) is 5.32 Å². The van der Waals surface area contributed by atoms with E-state index in [1.54, 1.807) is 26.3 Å². The van der Waals surface area contributed by atoms with Crippen LogP contribution in [0.15, 0.2) is 12.1 Å². The van der Waals surface area contributed by atoms with Crippen LogP contribution < -0.4 is 10.1 Å². The van der Waals surface area contributed by atoms with Crippen molar-refractivity contribution in [2.24, 2.45) is 0 Å². The molecule has 3 nitrogen and oxygen atoms in total. The molecule has 0 heterocycles. The smallest absolute Gasteiger partial charge is 0.183 e. The number of benzene rings is 1. The molecular weight excluding hydrogens is 238 g/mol. The predicted molar refractivity (Wildman–Crippen MR) is 70.2 cm³/mol. The van der Waals surface area contributed by atoms with Crippen LogP contribution in [-0.4, -0.2) is 26.0 Å². The van der Waals surface area contributed by atoms with Crippen LogP contribution in [0.3, 0.4) is 0 Å². The topological polar surface area (TPSA) is 38.3 Å². The lowest BCUT2D eigenvalue weighted by Crippen LogP contribution is -2.33. The van der Waals surface area contributed by atoms with E-state index in [4.69, 9.17) is 16.3 Å². The van der Waals surface area contributed by atoms with Crippen LogP contribution in [0.2, 0.25) is 5.02 Å². The molecule has 0 bridgehead atoms. The van der Waals surface area contributed by atoms with E-state index >= 15 is 0 Å². The van der Waals surface area contributed by atoms with E-state index in [2.05, 4.69) is 5.32 Å². The van der Waals surface area contributed by atoms with Crippen molar-refractivity contribution in [2.45, 2.75) is 26.3 Å². The molecule has 0 saturated heterocycles. The summed E-state index contributed by atoms with van der Waals surface area (Å²) in [6.07, 6.45) is 0.726. The molecule has 1 N–H and O–H groups in total. The Kier molecular flexibility index (Phi) is 4.97. The van der Waals surface area contributed by atoms with Crippen molar-refractivity contribution >= 4 is 17.4 Å². The Hall–Kier alpha value is -1.06. The number of ketones is 1. The van der Waals surface area contributed by atoms with Gasteiger partial charge in [0.1, 0.15) is 5.75 Å². The third kappa shape index (κ3) is 2.99. The van der Waals surface area contributed by atoms with Gasteiger partial charge in [-0.05, 0) is 38.1 Å². The van der Waals surface area contributed by atoms with E-state index in [1.165, 1.54) is 0 Å². The number of Topliss-reactive ketones (excluding diaryl/α,β-unsaturated/α-hetero) is 1. The summed E-state index contributed by atoms with van der Waals surface area (Å²) in [7, 11) is 3.33. The minimum absolute atomic E-state index is 0.00810. The Morgan fingerprint density at radius 3 is 2.65 bits per heavy atom. The summed E-state index contributed by atoms with van der Waals surface area (Å²) in [6.45, 7) is 3.84. The Morgan fingerprint density at radius 1 is 1.53 bits per heavy atom. The van der Waals surface area contributed by atoms with E-state index in [0.717, 1.165) is 12.0 Å². The zero-order valence-corrected chi connectivity index (χ0v) is 11.4. The first kappa shape index (κ1) is 14.0. The van der Waals surface area contributed by atoms with Crippen molar-refractivity contribution in [2.75, 3.05) is 14.2 Å². The van der Waals surface area contributed by atoms with Gasteiger partial charge in [-0.3, -0.25) is 4.79 Å². The number of ether oxygens (including phenoxy) is 1. The van der Waals surface area contributed by atoms with Crippen molar-refractivity contribution in [1.29, 1.82) is 0 Å². The van der Waals surface area contributed by atoms with Gasteiger partial charge in [0.25, 0.3) is 0 Å². The zero-order chi connectivity index (χ0) is 13.0. The van der Waals surface area contributed by atoms with Gasteiger partial charge >= 0.3 is 0 Å². The highest BCUT2D eigenvalue weighted by molar-refractivity contribution is 6.31. The van der Waals surface area contributed by atoms with E-state index in [-0.39, 0.29) is 11.8 Å². The zero-order valence-electron chi connectivity index (χ0n) is 10.6. The normalized spacial score (nSPS) is 12.3. The highest BCUT2D eigenvalue weighted by Crippen LogP contribution is 2.27. The van der Waals surface area contributed by atoms with Gasteiger partial charge in [-0.15, -0.1) is 0 Å². The average molecular weight is 256 g/mol. The number of rotatable bonds is 5. The van der Waals surface area contributed by atoms with Gasteiger partial charge < -0.3 is 10.1 Å². The fraction of sp³-hybridized carbons (Fsp3) is 0.462. The number of halogens is 1. The summed E-state index contributed by atoms with van der Waals surface area (Å²) < 4.78 is 5.23. The van der Waals surface area contributed by atoms with Crippen LogP contribution in [-0.2, 0) is 0 Å². The quantitative estimate of drug-likeness (QED) is 0.823. The summed E-state index contributed by atoms with van der Waals surface area (Å²) >= 11 is 6.05. The maximum Gasteiger partial charge on any atom is 0.183 e. The van der Waals surface area contributed by atoms with Crippen LogP contribution in [0, 0.1) is 6.92 Å². The molecule has 1 atom stereocenters.